The van der Waals surface area contributed by atoms with Crippen molar-refractivity contribution in [3.63, 3.8) is 0 Å². The molecule has 0 unspecified atom stereocenters. The molecule has 0 aliphatic rings. The number of carbonyl (C=O) groups is 1. The maximum Gasteiger partial charge on any atom is 0.252 e. The number of hydrogen-bond acceptors (Lipinski definition) is 6. The van der Waals surface area contributed by atoms with Crippen LogP contribution in [0.4, 0.5) is 5.95 Å². The van der Waals surface area contributed by atoms with Gasteiger partial charge in [-0.15, -0.1) is 0 Å². The van der Waals surface area contributed by atoms with Gasteiger partial charge >= 0.3 is 0 Å². The summed E-state index contributed by atoms with van der Waals surface area (Å²) < 4.78 is 1.62. The van der Waals surface area contributed by atoms with Crippen LogP contribution in [0.5, 0.6) is 0 Å². The van der Waals surface area contributed by atoms with Crippen LogP contribution in [0, 0.1) is 0 Å². The topological polar surface area (TPSA) is 111 Å². The molecule has 0 radical (unpaired) electrons. The molecule has 0 spiro atoms. The molecule has 0 bridgehead atoms. The zero-order chi connectivity index (χ0) is 17.9. The lowest BCUT2D eigenvalue weighted by Crippen LogP contribution is -2.13. The van der Waals surface area contributed by atoms with Gasteiger partial charge in [-0.25, -0.2) is 19.5 Å². The first-order valence-electron chi connectivity index (χ1n) is 7.95. The molecule has 3 aromatic heterocycles. The fourth-order valence-corrected chi connectivity index (χ4v) is 2.68. The van der Waals surface area contributed by atoms with E-state index in [1.165, 1.54) is 6.33 Å². The summed E-state index contributed by atoms with van der Waals surface area (Å²) in [5, 5.41) is 7.37. The summed E-state index contributed by atoms with van der Waals surface area (Å²) in [5.41, 5.74) is 9.05. The Bertz CT molecular complexity index is 1060. The molecule has 128 valence electrons. The number of hydrogen-bond donors (Lipinski definition) is 2. The van der Waals surface area contributed by atoms with Crippen molar-refractivity contribution in [2.45, 2.75) is 6.54 Å². The van der Waals surface area contributed by atoms with Crippen molar-refractivity contribution < 1.29 is 4.79 Å². The first-order chi connectivity index (χ1) is 12.7. The average Bonchev–Trinajstić information content (AvgIpc) is 3.16. The number of fused-ring (bicyclic) bond motifs is 1. The second-order valence-corrected chi connectivity index (χ2v) is 5.61. The van der Waals surface area contributed by atoms with Crippen LogP contribution in [0.25, 0.3) is 16.9 Å². The lowest BCUT2D eigenvalue weighted by Gasteiger charge is -2.08. The van der Waals surface area contributed by atoms with Crippen LogP contribution in [0.15, 0.2) is 61.2 Å². The summed E-state index contributed by atoms with van der Waals surface area (Å²) in [5.74, 6) is 0.0574. The van der Waals surface area contributed by atoms with E-state index in [4.69, 9.17) is 5.73 Å². The summed E-state index contributed by atoms with van der Waals surface area (Å²) in [6.07, 6.45) is 4.79. The maximum absolute atomic E-state index is 11.5. The Hall–Kier alpha value is -3.81. The van der Waals surface area contributed by atoms with E-state index in [0.717, 1.165) is 16.8 Å². The van der Waals surface area contributed by atoms with E-state index in [-0.39, 0.29) is 0 Å². The molecule has 1 amide bonds. The van der Waals surface area contributed by atoms with Crippen molar-refractivity contribution in [1.29, 1.82) is 0 Å². The van der Waals surface area contributed by atoms with Crippen LogP contribution in [-0.4, -0.2) is 30.5 Å². The number of nitrogens with zero attached hydrogens (tertiary/aromatic N) is 5. The smallest absolute Gasteiger partial charge is 0.252 e. The molecule has 4 aromatic rings. The van der Waals surface area contributed by atoms with E-state index in [1.54, 1.807) is 29.0 Å². The standard InChI is InChI=1S/C18H15N7O/c19-16(26)14-6-7-15(25-17(14)23-11-24-25)13-4-2-12(3-5-13)10-22-18-20-8-1-9-21-18/h1-9,11H,10H2,(H2,19,26)(H,20,21,22). The Morgan fingerprint density at radius 2 is 1.81 bits per heavy atom. The van der Waals surface area contributed by atoms with Crippen LogP contribution in [-0.2, 0) is 6.54 Å². The molecule has 3 N–H and O–H groups in total. The van der Waals surface area contributed by atoms with Crippen molar-refractivity contribution in [2.75, 3.05) is 5.32 Å². The normalized spacial score (nSPS) is 10.8. The SMILES string of the molecule is NC(=O)c1ccc(-c2ccc(CNc3ncccn3)cc2)n2ncnc12. The van der Waals surface area contributed by atoms with Crippen LogP contribution in [0.1, 0.15) is 15.9 Å². The highest BCUT2D eigenvalue weighted by atomic mass is 16.1. The molecule has 3 heterocycles. The van der Waals surface area contributed by atoms with E-state index in [9.17, 15) is 4.79 Å². The Balaban J connectivity index is 1.59. The predicted molar refractivity (Wildman–Crippen MR) is 96.3 cm³/mol. The number of amides is 1. The second kappa shape index (κ2) is 6.60. The lowest BCUT2D eigenvalue weighted by atomic mass is 10.1. The zero-order valence-corrected chi connectivity index (χ0v) is 13.7. The molecule has 8 heteroatoms. The van der Waals surface area contributed by atoms with Gasteiger partial charge in [0.05, 0.1) is 11.3 Å². The van der Waals surface area contributed by atoms with Gasteiger partial charge in [-0.1, -0.05) is 24.3 Å². The summed E-state index contributed by atoms with van der Waals surface area (Å²) in [7, 11) is 0. The zero-order valence-electron chi connectivity index (χ0n) is 13.7. The van der Waals surface area contributed by atoms with E-state index in [1.807, 2.05) is 30.3 Å². The molecule has 0 aliphatic heterocycles. The van der Waals surface area contributed by atoms with Crippen LogP contribution in [0.3, 0.4) is 0 Å². The van der Waals surface area contributed by atoms with Crippen LogP contribution >= 0.6 is 0 Å². The molecular formula is C18H15N7O. The highest BCUT2D eigenvalue weighted by Crippen LogP contribution is 2.22. The Morgan fingerprint density at radius 3 is 2.54 bits per heavy atom. The van der Waals surface area contributed by atoms with E-state index in [2.05, 4.69) is 25.4 Å². The average molecular weight is 345 g/mol. The number of aromatic nitrogens is 5. The van der Waals surface area contributed by atoms with Gasteiger partial charge in [0.15, 0.2) is 5.65 Å². The molecular weight excluding hydrogens is 330 g/mol. The fraction of sp³-hybridized carbons (Fsp3) is 0.0556. The number of primary amides is 1. The van der Waals surface area contributed by atoms with Gasteiger partial charge in [0.25, 0.3) is 5.91 Å². The van der Waals surface area contributed by atoms with Gasteiger partial charge in [-0.3, -0.25) is 4.79 Å². The molecule has 26 heavy (non-hydrogen) atoms. The summed E-state index contributed by atoms with van der Waals surface area (Å²) in [4.78, 5) is 23.9. The van der Waals surface area contributed by atoms with E-state index < -0.39 is 5.91 Å². The van der Waals surface area contributed by atoms with Crippen molar-refractivity contribution >= 4 is 17.5 Å². The summed E-state index contributed by atoms with van der Waals surface area (Å²) >= 11 is 0. The number of anilines is 1. The van der Waals surface area contributed by atoms with Crippen molar-refractivity contribution in [3.05, 3.63) is 72.3 Å². The Labute approximate surface area is 148 Å². The van der Waals surface area contributed by atoms with Gasteiger partial charge in [0.2, 0.25) is 5.95 Å². The minimum atomic E-state index is -0.529. The molecule has 0 saturated carbocycles. The number of benzene rings is 1. The number of rotatable bonds is 5. The minimum absolute atomic E-state index is 0.343. The second-order valence-electron chi connectivity index (χ2n) is 5.61. The Morgan fingerprint density at radius 1 is 1.04 bits per heavy atom. The van der Waals surface area contributed by atoms with Gasteiger partial charge in [0, 0.05) is 24.5 Å². The third-order valence-electron chi connectivity index (χ3n) is 3.96. The fourth-order valence-electron chi connectivity index (χ4n) is 2.68. The van der Waals surface area contributed by atoms with Gasteiger partial charge in [-0.05, 0) is 23.8 Å². The highest BCUT2D eigenvalue weighted by molar-refractivity contribution is 5.99. The highest BCUT2D eigenvalue weighted by Gasteiger charge is 2.13. The first kappa shape index (κ1) is 15.7. The molecule has 0 fully saturated rings. The number of pyridine rings is 1. The van der Waals surface area contributed by atoms with E-state index >= 15 is 0 Å². The Kier molecular flexibility index (Phi) is 3.98. The summed E-state index contributed by atoms with van der Waals surface area (Å²) in [6, 6.07) is 13.3. The molecule has 1 aromatic carbocycles. The number of nitrogens with two attached hydrogens (primary N) is 1. The van der Waals surface area contributed by atoms with Gasteiger partial charge < -0.3 is 11.1 Å². The lowest BCUT2D eigenvalue weighted by molar-refractivity contribution is 0.100. The number of carbonyl (C=O) groups excluding carboxylic acids is 1. The van der Waals surface area contributed by atoms with Crippen molar-refractivity contribution in [3.8, 4) is 11.3 Å². The first-order valence-corrected chi connectivity index (χ1v) is 7.95. The van der Waals surface area contributed by atoms with Gasteiger partial charge in [0.1, 0.15) is 6.33 Å². The third-order valence-corrected chi connectivity index (χ3v) is 3.96. The largest absolute Gasteiger partial charge is 0.365 e. The van der Waals surface area contributed by atoms with Crippen LogP contribution in [0.2, 0.25) is 0 Å². The molecule has 0 atom stereocenters. The molecule has 4 rings (SSSR count). The predicted octanol–water partition coefficient (Wildman–Crippen LogP) is 1.90. The maximum atomic E-state index is 11.5. The molecule has 0 aliphatic carbocycles. The van der Waals surface area contributed by atoms with Crippen LogP contribution < -0.4 is 11.1 Å². The van der Waals surface area contributed by atoms with Crippen molar-refractivity contribution in [2.24, 2.45) is 5.73 Å². The van der Waals surface area contributed by atoms with E-state index in [0.29, 0.717) is 23.7 Å². The monoisotopic (exact) mass is 345 g/mol. The van der Waals surface area contributed by atoms with Gasteiger partial charge in [-0.2, -0.15) is 5.10 Å². The quantitative estimate of drug-likeness (QED) is 0.571. The molecule has 8 nitrogen and oxygen atoms in total. The minimum Gasteiger partial charge on any atom is -0.365 e. The molecule has 0 saturated heterocycles. The van der Waals surface area contributed by atoms with Crippen molar-refractivity contribution in [1.82, 2.24) is 24.6 Å². The summed E-state index contributed by atoms with van der Waals surface area (Å²) in [6.45, 7) is 0.615. The third kappa shape index (κ3) is 2.95. The number of nitrogens with one attached hydrogen (secondary N) is 1.